The molecule has 1 aromatic heterocycles. The molecule has 0 radical (unpaired) electrons. The summed E-state index contributed by atoms with van der Waals surface area (Å²) in [5.74, 6) is 0. The highest BCUT2D eigenvalue weighted by atomic mass is 32.2. The smallest absolute Gasteiger partial charge is 0.268 e. The van der Waals surface area contributed by atoms with E-state index >= 15 is 0 Å². The molecule has 0 aliphatic carbocycles. The monoisotopic (exact) mass is 244 g/mol. The average molecular weight is 244 g/mol. The highest BCUT2D eigenvalue weighted by Gasteiger charge is 2.31. The summed E-state index contributed by atoms with van der Waals surface area (Å²) in [7, 11) is -2.28. The van der Waals surface area contributed by atoms with Gasteiger partial charge in [0, 0.05) is 18.8 Å². The molecule has 0 saturated carbocycles. The molecular formula is C10H16N2O3S. The zero-order valence-corrected chi connectivity index (χ0v) is 10.6. The van der Waals surface area contributed by atoms with Crippen LogP contribution in [-0.4, -0.2) is 30.3 Å². The standard InChI is InChI=1S/C10H16N2O3S/c1-10(2,3)12(4)16(14,15)8-6-5-7-11-9(8)13/h5-7H,1-4H3,(H,11,13). The minimum Gasteiger partial charge on any atom is -0.328 e. The summed E-state index contributed by atoms with van der Waals surface area (Å²) >= 11 is 0. The Morgan fingerprint density at radius 1 is 1.31 bits per heavy atom. The lowest BCUT2D eigenvalue weighted by atomic mass is 10.1. The van der Waals surface area contributed by atoms with Crippen LogP contribution in [0, 0.1) is 0 Å². The number of rotatable bonds is 2. The van der Waals surface area contributed by atoms with Crippen LogP contribution in [0.1, 0.15) is 20.8 Å². The molecule has 5 nitrogen and oxygen atoms in total. The Bertz CT molecular complexity index is 525. The van der Waals surface area contributed by atoms with Crippen LogP contribution in [0.25, 0.3) is 0 Å². The van der Waals surface area contributed by atoms with Gasteiger partial charge in [-0.25, -0.2) is 8.42 Å². The van der Waals surface area contributed by atoms with Crippen molar-refractivity contribution in [2.24, 2.45) is 0 Å². The maximum Gasteiger partial charge on any atom is 0.268 e. The second-order valence-electron chi connectivity index (χ2n) is 4.51. The molecule has 0 atom stereocenters. The zero-order valence-electron chi connectivity index (χ0n) is 9.81. The van der Waals surface area contributed by atoms with E-state index < -0.39 is 21.1 Å². The molecule has 1 N–H and O–H groups in total. The van der Waals surface area contributed by atoms with E-state index in [2.05, 4.69) is 4.98 Å². The third-order valence-corrected chi connectivity index (χ3v) is 4.51. The summed E-state index contributed by atoms with van der Waals surface area (Å²) in [6.45, 7) is 5.30. The third kappa shape index (κ3) is 2.33. The van der Waals surface area contributed by atoms with Gasteiger partial charge in [-0.2, -0.15) is 4.31 Å². The summed E-state index contributed by atoms with van der Waals surface area (Å²) in [5, 5.41) is 0. The number of aromatic amines is 1. The summed E-state index contributed by atoms with van der Waals surface area (Å²) in [5.41, 5.74) is -1.17. The minimum atomic E-state index is -3.74. The summed E-state index contributed by atoms with van der Waals surface area (Å²) in [4.78, 5) is 13.6. The van der Waals surface area contributed by atoms with Crippen molar-refractivity contribution < 1.29 is 8.42 Å². The molecule has 1 heterocycles. The molecule has 0 aliphatic heterocycles. The van der Waals surface area contributed by atoms with E-state index in [9.17, 15) is 13.2 Å². The molecule has 0 amide bonds. The molecular weight excluding hydrogens is 228 g/mol. The zero-order chi connectivity index (χ0) is 12.6. The van der Waals surface area contributed by atoms with E-state index in [-0.39, 0.29) is 4.90 Å². The van der Waals surface area contributed by atoms with Crippen LogP contribution < -0.4 is 5.56 Å². The first kappa shape index (κ1) is 12.9. The van der Waals surface area contributed by atoms with Gasteiger partial charge in [0.1, 0.15) is 4.90 Å². The van der Waals surface area contributed by atoms with Crippen molar-refractivity contribution in [3.05, 3.63) is 28.7 Å². The van der Waals surface area contributed by atoms with Gasteiger partial charge in [-0.15, -0.1) is 0 Å². The number of hydrogen-bond donors (Lipinski definition) is 1. The predicted octanol–water partition coefficient (Wildman–Crippen LogP) is 0.794. The average Bonchev–Trinajstić information content (AvgIpc) is 2.15. The van der Waals surface area contributed by atoms with Gasteiger partial charge in [-0.3, -0.25) is 4.79 Å². The lowest BCUT2D eigenvalue weighted by Gasteiger charge is -2.30. The van der Waals surface area contributed by atoms with Gasteiger partial charge >= 0.3 is 0 Å². The Hall–Kier alpha value is -1.14. The fourth-order valence-corrected chi connectivity index (χ4v) is 2.68. The largest absolute Gasteiger partial charge is 0.328 e. The van der Waals surface area contributed by atoms with Crippen molar-refractivity contribution in [1.82, 2.24) is 9.29 Å². The number of pyridine rings is 1. The van der Waals surface area contributed by atoms with Crippen LogP contribution in [0.2, 0.25) is 0 Å². The molecule has 0 unspecified atom stereocenters. The molecule has 16 heavy (non-hydrogen) atoms. The van der Waals surface area contributed by atoms with Crippen molar-refractivity contribution in [2.45, 2.75) is 31.2 Å². The molecule has 1 rings (SSSR count). The molecule has 0 fully saturated rings. The Kier molecular flexibility index (Phi) is 3.25. The first-order chi connectivity index (χ1) is 7.17. The van der Waals surface area contributed by atoms with Crippen LogP contribution in [0.3, 0.4) is 0 Å². The van der Waals surface area contributed by atoms with Crippen molar-refractivity contribution in [3.8, 4) is 0 Å². The SMILES string of the molecule is CN(C(C)(C)C)S(=O)(=O)c1ccc[nH]c1=O. The van der Waals surface area contributed by atoms with Crippen molar-refractivity contribution in [3.63, 3.8) is 0 Å². The second-order valence-corrected chi connectivity index (χ2v) is 6.44. The van der Waals surface area contributed by atoms with Gasteiger partial charge in [0.15, 0.2) is 0 Å². The predicted molar refractivity (Wildman–Crippen MR) is 61.8 cm³/mol. The van der Waals surface area contributed by atoms with E-state index in [4.69, 9.17) is 0 Å². The van der Waals surface area contributed by atoms with Crippen LogP contribution in [0.4, 0.5) is 0 Å². The number of nitrogens with zero attached hydrogens (tertiary/aromatic N) is 1. The van der Waals surface area contributed by atoms with Crippen molar-refractivity contribution in [2.75, 3.05) is 7.05 Å². The topological polar surface area (TPSA) is 70.2 Å². The lowest BCUT2D eigenvalue weighted by Crippen LogP contribution is -2.43. The van der Waals surface area contributed by atoms with Gasteiger partial charge in [0.2, 0.25) is 10.0 Å². The van der Waals surface area contributed by atoms with Crippen molar-refractivity contribution in [1.29, 1.82) is 0 Å². The van der Waals surface area contributed by atoms with E-state index in [0.717, 1.165) is 0 Å². The van der Waals surface area contributed by atoms with E-state index in [0.29, 0.717) is 0 Å². The van der Waals surface area contributed by atoms with Crippen LogP contribution in [-0.2, 0) is 10.0 Å². The highest BCUT2D eigenvalue weighted by Crippen LogP contribution is 2.19. The first-order valence-corrected chi connectivity index (χ1v) is 6.28. The number of nitrogens with one attached hydrogen (secondary N) is 1. The quantitative estimate of drug-likeness (QED) is 0.836. The fraction of sp³-hybridized carbons (Fsp3) is 0.500. The first-order valence-electron chi connectivity index (χ1n) is 4.84. The van der Waals surface area contributed by atoms with E-state index in [1.807, 2.05) is 0 Å². The molecule has 90 valence electrons. The Labute approximate surface area is 95.2 Å². The van der Waals surface area contributed by atoms with Gasteiger partial charge in [0.05, 0.1) is 0 Å². The molecule has 0 bridgehead atoms. The number of aromatic nitrogens is 1. The molecule has 0 aliphatic rings. The second kappa shape index (κ2) is 4.03. The molecule has 0 saturated heterocycles. The summed E-state index contributed by atoms with van der Waals surface area (Å²) in [6, 6.07) is 2.79. The highest BCUT2D eigenvalue weighted by molar-refractivity contribution is 7.89. The fourth-order valence-electron chi connectivity index (χ4n) is 1.12. The van der Waals surface area contributed by atoms with Crippen molar-refractivity contribution >= 4 is 10.0 Å². The minimum absolute atomic E-state index is 0.229. The van der Waals surface area contributed by atoms with E-state index in [1.165, 1.54) is 29.7 Å². The van der Waals surface area contributed by atoms with Crippen LogP contribution in [0.15, 0.2) is 28.0 Å². The van der Waals surface area contributed by atoms with Gasteiger partial charge < -0.3 is 4.98 Å². The van der Waals surface area contributed by atoms with Gasteiger partial charge in [-0.05, 0) is 32.9 Å². The number of sulfonamides is 1. The maximum atomic E-state index is 12.1. The molecule has 0 spiro atoms. The van der Waals surface area contributed by atoms with Crippen LogP contribution >= 0.6 is 0 Å². The molecule has 0 aromatic carbocycles. The Balaban J connectivity index is 3.35. The number of hydrogen-bond acceptors (Lipinski definition) is 3. The maximum absolute atomic E-state index is 12.1. The Morgan fingerprint density at radius 2 is 1.88 bits per heavy atom. The van der Waals surface area contributed by atoms with Gasteiger partial charge in [-0.1, -0.05) is 0 Å². The molecule has 1 aromatic rings. The van der Waals surface area contributed by atoms with E-state index in [1.54, 1.807) is 20.8 Å². The number of H-pyrrole nitrogens is 1. The summed E-state index contributed by atoms with van der Waals surface area (Å²) < 4.78 is 25.4. The van der Waals surface area contributed by atoms with Gasteiger partial charge in [0.25, 0.3) is 5.56 Å². The third-order valence-electron chi connectivity index (χ3n) is 2.37. The normalized spacial score (nSPS) is 13.1. The lowest BCUT2D eigenvalue weighted by molar-refractivity contribution is 0.291. The summed E-state index contributed by atoms with van der Waals surface area (Å²) in [6.07, 6.45) is 1.40. The van der Waals surface area contributed by atoms with Crippen LogP contribution in [0.5, 0.6) is 0 Å². The Morgan fingerprint density at radius 3 is 2.31 bits per heavy atom. The molecule has 6 heteroatoms.